The second kappa shape index (κ2) is 6.02. The van der Waals surface area contributed by atoms with Gasteiger partial charge in [0.05, 0.1) is 11.9 Å². The Bertz CT molecular complexity index is 614. The van der Waals surface area contributed by atoms with Crippen LogP contribution in [0.15, 0.2) is 23.2 Å². The van der Waals surface area contributed by atoms with Gasteiger partial charge in [-0.2, -0.15) is 0 Å². The SMILES string of the molecule is CCc1nc(SCCC(=O)O)c2c(C)cccc2n1. The van der Waals surface area contributed by atoms with Crippen molar-refractivity contribution in [1.29, 1.82) is 0 Å². The van der Waals surface area contributed by atoms with E-state index in [1.807, 2.05) is 32.0 Å². The van der Waals surface area contributed by atoms with E-state index < -0.39 is 5.97 Å². The molecule has 5 heteroatoms. The first-order valence-corrected chi connectivity index (χ1v) is 7.21. The lowest BCUT2D eigenvalue weighted by atomic mass is 10.1. The number of aliphatic carboxylic acids is 1. The van der Waals surface area contributed by atoms with Gasteiger partial charge in [0.15, 0.2) is 0 Å². The molecule has 0 amide bonds. The van der Waals surface area contributed by atoms with Gasteiger partial charge in [0.1, 0.15) is 10.9 Å². The molecule has 0 unspecified atom stereocenters. The summed E-state index contributed by atoms with van der Waals surface area (Å²) in [6, 6.07) is 5.98. The fraction of sp³-hybridized carbons (Fsp3) is 0.357. The summed E-state index contributed by atoms with van der Waals surface area (Å²) in [4.78, 5) is 19.7. The third kappa shape index (κ3) is 3.23. The van der Waals surface area contributed by atoms with E-state index in [9.17, 15) is 4.79 Å². The van der Waals surface area contributed by atoms with Crippen LogP contribution in [0.25, 0.3) is 10.9 Å². The zero-order valence-electron chi connectivity index (χ0n) is 11.0. The highest BCUT2D eigenvalue weighted by Gasteiger charge is 2.10. The lowest BCUT2D eigenvalue weighted by molar-refractivity contribution is -0.136. The first kappa shape index (κ1) is 13.8. The van der Waals surface area contributed by atoms with Gasteiger partial charge in [-0.3, -0.25) is 4.79 Å². The molecule has 0 spiro atoms. The normalized spacial score (nSPS) is 10.8. The van der Waals surface area contributed by atoms with Crippen molar-refractivity contribution in [2.24, 2.45) is 0 Å². The molecule has 0 bridgehead atoms. The quantitative estimate of drug-likeness (QED) is 0.671. The maximum atomic E-state index is 10.6. The number of benzene rings is 1. The van der Waals surface area contributed by atoms with Gasteiger partial charge in [0.2, 0.25) is 0 Å². The van der Waals surface area contributed by atoms with Crippen molar-refractivity contribution in [2.45, 2.75) is 31.7 Å². The van der Waals surface area contributed by atoms with Crippen molar-refractivity contribution in [1.82, 2.24) is 9.97 Å². The number of aryl methyl sites for hydroxylation is 2. The second-order valence-electron chi connectivity index (χ2n) is 4.26. The predicted molar refractivity (Wildman–Crippen MR) is 76.6 cm³/mol. The minimum atomic E-state index is -0.779. The summed E-state index contributed by atoms with van der Waals surface area (Å²) in [7, 11) is 0. The van der Waals surface area contributed by atoms with Gasteiger partial charge in [-0.05, 0) is 18.6 Å². The predicted octanol–water partition coefficient (Wildman–Crippen LogP) is 3.07. The molecule has 0 radical (unpaired) electrons. The van der Waals surface area contributed by atoms with Crippen LogP contribution < -0.4 is 0 Å². The standard InChI is InChI=1S/C14H16N2O2S/c1-3-11-15-10-6-4-5-9(2)13(10)14(16-11)19-8-7-12(17)18/h4-6H,3,7-8H2,1-2H3,(H,17,18). The van der Waals surface area contributed by atoms with Crippen molar-refractivity contribution in [3.63, 3.8) is 0 Å². The van der Waals surface area contributed by atoms with Crippen molar-refractivity contribution >= 4 is 28.6 Å². The van der Waals surface area contributed by atoms with E-state index >= 15 is 0 Å². The molecule has 0 fully saturated rings. The van der Waals surface area contributed by atoms with Gasteiger partial charge in [-0.15, -0.1) is 11.8 Å². The van der Waals surface area contributed by atoms with Crippen molar-refractivity contribution < 1.29 is 9.90 Å². The molecule has 1 heterocycles. The number of carboxylic acids is 1. The lowest BCUT2D eigenvalue weighted by Gasteiger charge is -2.09. The molecule has 0 atom stereocenters. The van der Waals surface area contributed by atoms with Crippen LogP contribution >= 0.6 is 11.8 Å². The van der Waals surface area contributed by atoms with Crippen LogP contribution in [0.1, 0.15) is 24.7 Å². The molecule has 0 aliphatic carbocycles. The number of rotatable bonds is 5. The molecule has 1 aromatic carbocycles. The molecular weight excluding hydrogens is 260 g/mol. The van der Waals surface area contributed by atoms with Gasteiger partial charge in [-0.1, -0.05) is 19.1 Å². The van der Waals surface area contributed by atoms with Gasteiger partial charge in [-0.25, -0.2) is 9.97 Å². The highest BCUT2D eigenvalue weighted by atomic mass is 32.2. The zero-order chi connectivity index (χ0) is 13.8. The number of carbonyl (C=O) groups is 1. The van der Waals surface area contributed by atoms with E-state index in [1.165, 1.54) is 11.8 Å². The number of nitrogens with zero attached hydrogens (tertiary/aromatic N) is 2. The largest absolute Gasteiger partial charge is 0.481 e. The fourth-order valence-corrected chi connectivity index (χ4v) is 2.91. The lowest BCUT2D eigenvalue weighted by Crippen LogP contribution is -2.00. The summed E-state index contributed by atoms with van der Waals surface area (Å²) in [6.07, 6.45) is 0.917. The van der Waals surface area contributed by atoms with Crippen LogP contribution in [0.3, 0.4) is 0 Å². The highest BCUT2D eigenvalue weighted by Crippen LogP contribution is 2.28. The molecule has 100 valence electrons. The number of aromatic nitrogens is 2. The Labute approximate surface area is 116 Å². The number of hydrogen-bond acceptors (Lipinski definition) is 4. The van der Waals surface area contributed by atoms with E-state index in [0.29, 0.717) is 5.75 Å². The van der Waals surface area contributed by atoms with Gasteiger partial charge in [0.25, 0.3) is 0 Å². The maximum Gasteiger partial charge on any atom is 0.304 e. The van der Waals surface area contributed by atoms with Crippen LogP contribution in [0.2, 0.25) is 0 Å². The van der Waals surface area contributed by atoms with Crippen LogP contribution in [0.5, 0.6) is 0 Å². The molecule has 2 aromatic rings. The highest BCUT2D eigenvalue weighted by molar-refractivity contribution is 7.99. The Balaban J connectivity index is 2.41. The molecular formula is C14H16N2O2S. The summed E-state index contributed by atoms with van der Waals surface area (Å²) >= 11 is 1.49. The fourth-order valence-electron chi connectivity index (χ4n) is 1.86. The third-order valence-electron chi connectivity index (χ3n) is 2.82. The molecule has 0 aliphatic rings. The summed E-state index contributed by atoms with van der Waals surface area (Å²) in [6.45, 7) is 4.04. The number of hydrogen-bond donors (Lipinski definition) is 1. The van der Waals surface area contributed by atoms with Crippen LogP contribution in [-0.2, 0) is 11.2 Å². The van der Waals surface area contributed by atoms with E-state index in [1.54, 1.807) is 0 Å². The van der Waals surface area contributed by atoms with E-state index in [0.717, 1.165) is 33.7 Å². The molecule has 2 rings (SSSR count). The van der Waals surface area contributed by atoms with Crippen molar-refractivity contribution in [3.8, 4) is 0 Å². The maximum absolute atomic E-state index is 10.6. The van der Waals surface area contributed by atoms with Crippen LogP contribution in [0, 0.1) is 6.92 Å². The van der Waals surface area contributed by atoms with E-state index in [4.69, 9.17) is 5.11 Å². The monoisotopic (exact) mass is 276 g/mol. The average molecular weight is 276 g/mol. The molecule has 1 aromatic heterocycles. The van der Waals surface area contributed by atoms with E-state index in [-0.39, 0.29) is 6.42 Å². The molecule has 4 nitrogen and oxygen atoms in total. The topological polar surface area (TPSA) is 63.1 Å². The number of fused-ring (bicyclic) bond motifs is 1. The van der Waals surface area contributed by atoms with Crippen molar-refractivity contribution in [3.05, 3.63) is 29.6 Å². The minimum Gasteiger partial charge on any atom is -0.481 e. The van der Waals surface area contributed by atoms with E-state index in [2.05, 4.69) is 9.97 Å². The Morgan fingerprint density at radius 2 is 2.16 bits per heavy atom. The summed E-state index contributed by atoms with van der Waals surface area (Å²) in [5.41, 5.74) is 2.06. The van der Waals surface area contributed by atoms with Crippen LogP contribution in [-0.4, -0.2) is 26.8 Å². The Morgan fingerprint density at radius 3 is 2.84 bits per heavy atom. The first-order valence-electron chi connectivity index (χ1n) is 6.22. The molecule has 0 aliphatic heterocycles. The molecule has 0 saturated carbocycles. The van der Waals surface area contributed by atoms with Crippen molar-refractivity contribution in [2.75, 3.05) is 5.75 Å². The van der Waals surface area contributed by atoms with Crippen LogP contribution in [0.4, 0.5) is 0 Å². The second-order valence-corrected chi connectivity index (χ2v) is 5.34. The molecule has 1 N–H and O–H groups in total. The zero-order valence-corrected chi connectivity index (χ0v) is 11.8. The average Bonchev–Trinajstić information content (AvgIpc) is 2.38. The molecule has 0 saturated heterocycles. The summed E-state index contributed by atoms with van der Waals surface area (Å²) in [5.74, 6) is 0.549. The Kier molecular flexibility index (Phi) is 4.37. The first-order chi connectivity index (χ1) is 9.11. The number of thioether (sulfide) groups is 1. The Morgan fingerprint density at radius 1 is 1.37 bits per heavy atom. The van der Waals surface area contributed by atoms with Gasteiger partial charge in [0, 0.05) is 17.6 Å². The minimum absolute atomic E-state index is 0.142. The van der Waals surface area contributed by atoms with Gasteiger partial charge >= 0.3 is 5.97 Å². The summed E-state index contributed by atoms with van der Waals surface area (Å²) in [5, 5.41) is 10.6. The number of carboxylic acid groups (broad SMARTS) is 1. The Hall–Kier alpha value is -1.62. The smallest absolute Gasteiger partial charge is 0.304 e. The van der Waals surface area contributed by atoms with Gasteiger partial charge < -0.3 is 5.11 Å². The summed E-state index contributed by atoms with van der Waals surface area (Å²) < 4.78 is 0. The molecule has 19 heavy (non-hydrogen) atoms. The third-order valence-corrected chi connectivity index (χ3v) is 3.79.